The molecule has 1 amide bonds. The van der Waals surface area contributed by atoms with Gasteiger partial charge in [0, 0.05) is 37.8 Å². The number of carbonyl (C=O) groups is 1. The molecule has 3 fully saturated rings. The quantitative estimate of drug-likeness (QED) is 0.829. The van der Waals surface area contributed by atoms with Crippen LogP contribution in [0.1, 0.15) is 52.3 Å². The third-order valence-corrected chi connectivity index (χ3v) is 6.21. The number of fused-ring (bicyclic) bond motifs is 1. The number of carbonyl (C=O) groups excluding carboxylic acids is 1. The average Bonchev–Trinajstić information content (AvgIpc) is 3.29. The third kappa shape index (κ3) is 3.25. The largest absolute Gasteiger partial charge is 0.356 e. The maximum atomic E-state index is 12.9. The van der Waals surface area contributed by atoms with E-state index < -0.39 is 0 Å². The van der Waals surface area contributed by atoms with Crippen molar-refractivity contribution >= 4 is 11.7 Å². The van der Waals surface area contributed by atoms with E-state index in [0.29, 0.717) is 5.91 Å². The molecule has 3 aliphatic rings. The van der Waals surface area contributed by atoms with Gasteiger partial charge >= 0.3 is 0 Å². The first-order valence-electron chi connectivity index (χ1n) is 9.79. The Kier molecular flexibility index (Phi) is 4.20. The fourth-order valence-corrected chi connectivity index (χ4v) is 4.73. The van der Waals surface area contributed by atoms with E-state index in [9.17, 15) is 4.79 Å². The fraction of sp³-hybridized carbons (Fsp3) is 0.750. The van der Waals surface area contributed by atoms with E-state index in [-0.39, 0.29) is 11.3 Å². The second-order valence-electron chi connectivity index (χ2n) is 9.11. The van der Waals surface area contributed by atoms with Crippen molar-refractivity contribution in [3.63, 3.8) is 0 Å². The Morgan fingerprint density at radius 3 is 2.52 bits per heavy atom. The minimum absolute atomic E-state index is 0.0573. The lowest BCUT2D eigenvalue weighted by Crippen LogP contribution is -2.36. The highest BCUT2D eigenvalue weighted by molar-refractivity contribution is 5.80. The molecule has 0 bridgehead atoms. The molecule has 3 atom stereocenters. The molecule has 1 aromatic heterocycles. The highest BCUT2D eigenvalue weighted by Crippen LogP contribution is 2.38. The number of aromatic nitrogens is 2. The SMILES string of the molecule is CC(C)(C)c1nccc(N2CCC(C(=O)N3CC4CCCC4C3)C2)n1. The van der Waals surface area contributed by atoms with Crippen molar-refractivity contribution in [1.82, 2.24) is 14.9 Å². The Bertz CT molecular complexity index is 641. The molecule has 0 radical (unpaired) electrons. The molecule has 5 heteroatoms. The van der Waals surface area contributed by atoms with Gasteiger partial charge in [0.25, 0.3) is 0 Å². The predicted octanol–water partition coefficient (Wildman–Crippen LogP) is 2.86. The molecule has 0 spiro atoms. The predicted molar refractivity (Wildman–Crippen MR) is 98.5 cm³/mol. The van der Waals surface area contributed by atoms with E-state index >= 15 is 0 Å². The second-order valence-corrected chi connectivity index (χ2v) is 9.11. The molecule has 4 rings (SSSR count). The number of likely N-dealkylation sites (tertiary alicyclic amines) is 1. The maximum absolute atomic E-state index is 12.9. The lowest BCUT2D eigenvalue weighted by Gasteiger charge is -2.23. The van der Waals surface area contributed by atoms with Crippen LogP contribution in [0.25, 0.3) is 0 Å². The molecule has 136 valence electrons. The monoisotopic (exact) mass is 342 g/mol. The summed E-state index contributed by atoms with van der Waals surface area (Å²) < 4.78 is 0. The van der Waals surface area contributed by atoms with Gasteiger partial charge in [0.1, 0.15) is 11.6 Å². The van der Waals surface area contributed by atoms with Crippen LogP contribution in [0.3, 0.4) is 0 Å². The van der Waals surface area contributed by atoms with Gasteiger partial charge < -0.3 is 9.80 Å². The summed E-state index contributed by atoms with van der Waals surface area (Å²) in [4.78, 5) is 26.5. The third-order valence-electron chi connectivity index (χ3n) is 6.21. The summed E-state index contributed by atoms with van der Waals surface area (Å²) in [5.74, 6) is 3.89. The molecule has 3 unspecified atom stereocenters. The summed E-state index contributed by atoms with van der Waals surface area (Å²) in [5, 5.41) is 0. The van der Waals surface area contributed by atoms with Crippen LogP contribution >= 0.6 is 0 Å². The number of hydrogen-bond acceptors (Lipinski definition) is 4. The van der Waals surface area contributed by atoms with Gasteiger partial charge in [0.2, 0.25) is 5.91 Å². The highest BCUT2D eigenvalue weighted by atomic mass is 16.2. The van der Waals surface area contributed by atoms with Crippen molar-refractivity contribution in [1.29, 1.82) is 0 Å². The molecule has 25 heavy (non-hydrogen) atoms. The van der Waals surface area contributed by atoms with E-state index in [1.54, 1.807) is 0 Å². The zero-order valence-corrected chi connectivity index (χ0v) is 15.7. The van der Waals surface area contributed by atoms with E-state index in [1.807, 2.05) is 12.3 Å². The van der Waals surface area contributed by atoms with Crippen LogP contribution < -0.4 is 4.90 Å². The second kappa shape index (κ2) is 6.26. The zero-order chi connectivity index (χ0) is 17.6. The van der Waals surface area contributed by atoms with Crippen molar-refractivity contribution in [2.75, 3.05) is 31.1 Å². The van der Waals surface area contributed by atoms with Crippen molar-refractivity contribution in [2.24, 2.45) is 17.8 Å². The topological polar surface area (TPSA) is 49.3 Å². The zero-order valence-electron chi connectivity index (χ0n) is 15.7. The Balaban J connectivity index is 1.41. The van der Waals surface area contributed by atoms with E-state index in [1.165, 1.54) is 19.3 Å². The van der Waals surface area contributed by atoms with Crippen LogP contribution in [0.4, 0.5) is 5.82 Å². The van der Waals surface area contributed by atoms with Crippen LogP contribution in [0.15, 0.2) is 12.3 Å². The summed E-state index contributed by atoms with van der Waals surface area (Å²) in [6, 6.07) is 1.97. The molecular formula is C20H30N4O. The van der Waals surface area contributed by atoms with E-state index in [0.717, 1.165) is 56.1 Å². The summed E-state index contributed by atoms with van der Waals surface area (Å²) >= 11 is 0. The van der Waals surface area contributed by atoms with Gasteiger partial charge in [-0.2, -0.15) is 0 Å². The van der Waals surface area contributed by atoms with Crippen LogP contribution in [0.2, 0.25) is 0 Å². The molecule has 2 aliphatic heterocycles. The molecule has 1 saturated carbocycles. The number of amides is 1. The normalized spacial score (nSPS) is 29.3. The van der Waals surface area contributed by atoms with Crippen LogP contribution in [-0.2, 0) is 10.2 Å². The first kappa shape index (κ1) is 16.8. The molecule has 2 saturated heterocycles. The fourth-order valence-electron chi connectivity index (χ4n) is 4.73. The first-order chi connectivity index (χ1) is 11.9. The van der Waals surface area contributed by atoms with Crippen LogP contribution in [0.5, 0.6) is 0 Å². The summed E-state index contributed by atoms with van der Waals surface area (Å²) in [6.07, 6.45) is 6.79. The van der Waals surface area contributed by atoms with Crippen LogP contribution in [0, 0.1) is 17.8 Å². The Hall–Kier alpha value is -1.65. The molecule has 0 aromatic carbocycles. The smallest absolute Gasteiger partial charge is 0.227 e. The Morgan fingerprint density at radius 1 is 1.12 bits per heavy atom. The number of nitrogens with zero attached hydrogens (tertiary/aromatic N) is 4. The highest BCUT2D eigenvalue weighted by Gasteiger charge is 2.41. The van der Waals surface area contributed by atoms with Gasteiger partial charge in [-0.25, -0.2) is 9.97 Å². The first-order valence-corrected chi connectivity index (χ1v) is 9.79. The summed E-state index contributed by atoms with van der Waals surface area (Å²) in [7, 11) is 0. The van der Waals surface area contributed by atoms with Crippen molar-refractivity contribution < 1.29 is 4.79 Å². The minimum atomic E-state index is -0.0573. The summed E-state index contributed by atoms with van der Waals surface area (Å²) in [6.45, 7) is 10.1. The van der Waals surface area contributed by atoms with Crippen molar-refractivity contribution in [3.8, 4) is 0 Å². The average molecular weight is 342 g/mol. The number of anilines is 1. The van der Waals surface area contributed by atoms with Crippen molar-refractivity contribution in [2.45, 2.75) is 51.9 Å². The summed E-state index contributed by atoms with van der Waals surface area (Å²) in [5.41, 5.74) is -0.0573. The molecule has 0 N–H and O–H groups in total. The molecular weight excluding hydrogens is 312 g/mol. The lowest BCUT2D eigenvalue weighted by atomic mass is 9.96. The molecule has 5 nitrogen and oxygen atoms in total. The van der Waals surface area contributed by atoms with Gasteiger partial charge in [-0.1, -0.05) is 27.2 Å². The van der Waals surface area contributed by atoms with Crippen LogP contribution in [-0.4, -0.2) is 47.0 Å². The van der Waals surface area contributed by atoms with E-state index in [2.05, 4.69) is 35.6 Å². The van der Waals surface area contributed by atoms with E-state index in [4.69, 9.17) is 4.98 Å². The Labute approximate surface area is 150 Å². The maximum Gasteiger partial charge on any atom is 0.227 e. The van der Waals surface area contributed by atoms with Crippen molar-refractivity contribution in [3.05, 3.63) is 18.1 Å². The minimum Gasteiger partial charge on any atom is -0.356 e. The van der Waals surface area contributed by atoms with Gasteiger partial charge in [-0.3, -0.25) is 4.79 Å². The molecule has 1 aliphatic carbocycles. The van der Waals surface area contributed by atoms with Gasteiger partial charge in [0.05, 0.1) is 5.92 Å². The number of hydrogen-bond donors (Lipinski definition) is 0. The van der Waals surface area contributed by atoms with Gasteiger partial charge in [-0.05, 0) is 37.2 Å². The standard InChI is InChI=1S/C20H30N4O/c1-20(2,3)19-21-9-7-17(22-19)23-10-8-16(13-23)18(25)24-11-14-5-4-6-15(14)12-24/h7,9,14-16H,4-6,8,10-13H2,1-3H3. The van der Waals surface area contributed by atoms with Gasteiger partial charge in [0.15, 0.2) is 0 Å². The lowest BCUT2D eigenvalue weighted by molar-refractivity contribution is -0.134. The Morgan fingerprint density at radius 2 is 1.84 bits per heavy atom. The van der Waals surface area contributed by atoms with Gasteiger partial charge in [-0.15, -0.1) is 0 Å². The molecule has 1 aromatic rings. The molecule has 3 heterocycles. The number of rotatable bonds is 2.